The van der Waals surface area contributed by atoms with E-state index in [0.717, 1.165) is 32.6 Å². The van der Waals surface area contributed by atoms with Crippen LogP contribution in [0.25, 0.3) is 0 Å². The molecule has 3 aliphatic heterocycles. The lowest BCUT2D eigenvalue weighted by Gasteiger charge is -2.41. The summed E-state index contributed by atoms with van der Waals surface area (Å²) < 4.78 is 0. The standard InChI is InChI=1S/C14H22N4O.ClH/c1-4-5-16-8-11(2)6-13-14(16)18-10-17(19-3)9-12(18)7-15-13;/h8-9,15H,4-7,10H2,1-3H3;1H. The third-order valence-corrected chi connectivity index (χ3v) is 3.73. The van der Waals surface area contributed by atoms with Crippen molar-refractivity contribution >= 4 is 12.4 Å². The lowest BCUT2D eigenvalue weighted by Crippen LogP contribution is -2.44. The Bertz CT molecular complexity index is 472. The number of hydrogen-bond donors (Lipinski definition) is 1. The first-order valence-electron chi connectivity index (χ1n) is 6.93. The summed E-state index contributed by atoms with van der Waals surface area (Å²) in [7, 11) is 1.72. The smallest absolute Gasteiger partial charge is 0.134 e. The van der Waals surface area contributed by atoms with E-state index >= 15 is 0 Å². The van der Waals surface area contributed by atoms with Crippen LogP contribution in [0.1, 0.15) is 26.7 Å². The molecule has 0 fully saturated rings. The van der Waals surface area contributed by atoms with Crippen molar-refractivity contribution in [1.82, 2.24) is 20.2 Å². The van der Waals surface area contributed by atoms with Crippen LogP contribution in [-0.2, 0) is 4.84 Å². The monoisotopic (exact) mass is 298 g/mol. The summed E-state index contributed by atoms with van der Waals surface area (Å²) in [5.74, 6) is 1.30. The highest BCUT2D eigenvalue weighted by Crippen LogP contribution is 2.34. The molecule has 112 valence electrons. The Hall–Kier alpha value is -1.33. The predicted octanol–water partition coefficient (Wildman–Crippen LogP) is 2.18. The predicted molar refractivity (Wildman–Crippen MR) is 81.3 cm³/mol. The molecule has 0 aliphatic carbocycles. The number of hydrogen-bond acceptors (Lipinski definition) is 5. The molecule has 0 spiro atoms. The Kier molecular flexibility index (Phi) is 4.50. The first kappa shape index (κ1) is 15.1. The van der Waals surface area contributed by atoms with E-state index in [9.17, 15) is 0 Å². The molecule has 0 atom stereocenters. The minimum absolute atomic E-state index is 0. The van der Waals surface area contributed by atoms with Crippen LogP contribution in [0.3, 0.4) is 0 Å². The summed E-state index contributed by atoms with van der Waals surface area (Å²) in [4.78, 5) is 10.1. The van der Waals surface area contributed by atoms with Gasteiger partial charge in [0.1, 0.15) is 12.5 Å². The van der Waals surface area contributed by atoms with Gasteiger partial charge in [0.15, 0.2) is 0 Å². The number of rotatable bonds is 3. The van der Waals surface area contributed by atoms with E-state index in [0.29, 0.717) is 0 Å². The van der Waals surface area contributed by atoms with E-state index in [1.807, 2.05) is 5.06 Å². The Morgan fingerprint density at radius 2 is 2.15 bits per heavy atom. The van der Waals surface area contributed by atoms with E-state index in [1.54, 1.807) is 7.11 Å². The fraction of sp³-hybridized carbons (Fsp3) is 0.571. The zero-order chi connectivity index (χ0) is 13.4. The number of allylic oxidation sites excluding steroid dienone is 1. The molecule has 3 heterocycles. The second-order valence-corrected chi connectivity index (χ2v) is 5.29. The van der Waals surface area contributed by atoms with Crippen molar-refractivity contribution < 1.29 is 4.84 Å². The lowest BCUT2D eigenvalue weighted by molar-refractivity contribution is -0.0970. The minimum atomic E-state index is 0. The average molecular weight is 299 g/mol. The molecular weight excluding hydrogens is 276 g/mol. The van der Waals surface area contributed by atoms with Gasteiger partial charge in [-0.2, -0.15) is 0 Å². The van der Waals surface area contributed by atoms with Crippen LogP contribution in [0, 0.1) is 0 Å². The first-order chi connectivity index (χ1) is 9.22. The van der Waals surface area contributed by atoms with Crippen LogP contribution >= 0.6 is 12.4 Å². The van der Waals surface area contributed by atoms with Gasteiger partial charge in [-0.15, -0.1) is 12.4 Å². The maximum absolute atomic E-state index is 5.33. The van der Waals surface area contributed by atoms with E-state index in [2.05, 4.69) is 41.4 Å². The van der Waals surface area contributed by atoms with Crippen LogP contribution in [0.15, 0.2) is 35.2 Å². The van der Waals surface area contributed by atoms with Crippen molar-refractivity contribution in [2.75, 3.05) is 26.9 Å². The Morgan fingerprint density at radius 3 is 2.85 bits per heavy atom. The molecule has 1 N–H and O–H groups in total. The number of halogens is 1. The van der Waals surface area contributed by atoms with Crippen molar-refractivity contribution in [2.45, 2.75) is 26.7 Å². The van der Waals surface area contributed by atoms with Crippen LogP contribution in [0.2, 0.25) is 0 Å². The van der Waals surface area contributed by atoms with Gasteiger partial charge in [0.25, 0.3) is 0 Å². The molecular formula is C14H23ClN4O. The topological polar surface area (TPSA) is 31.0 Å². The molecule has 3 rings (SSSR count). The Labute approximate surface area is 126 Å². The van der Waals surface area contributed by atoms with Crippen molar-refractivity contribution in [3.8, 4) is 0 Å². The second kappa shape index (κ2) is 5.97. The number of nitrogens with one attached hydrogen (secondary N) is 1. The minimum Gasteiger partial charge on any atom is -0.380 e. The van der Waals surface area contributed by atoms with Gasteiger partial charge in [-0.05, 0) is 13.3 Å². The van der Waals surface area contributed by atoms with Gasteiger partial charge in [-0.25, -0.2) is 5.06 Å². The van der Waals surface area contributed by atoms with Crippen molar-refractivity contribution in [3.05, 3.63) is 35.2 Å². The molecule has 6 heteroatoms. The molecule has 0 aromatic rings. The first-order valence-corrected chi connectivity index (χ1v) is 6.93. The van der Waals surface area contributed by atoms with Crippen molar-refractivity contribution in [2.24, 2.45) is 0 Å². The van der Waals surface area contributed by atoms with Gasteiger partial charge in [0, 0.05) is 19.2 Å². The van der Waals surface area contributed by atoms with Gasteiger partial charge in [0.05, 0.1) is 31.2 Å². The highest BCUT2D eigenvalue weighted by molar-refractivity contribution is 5.85. The summed E-state index contributed by atoms with van der Waals surface area (Å²) in [6, 6.07) is 0. The highest BCUT2D eigenvalue weighted by atomic mass is 35.5. The number of nitrogens with zero attached hydrogens (tertiary/aromatic N) is 3. The van der Waals surface area contributed by atoms with E-state index < -0.39 is 0 Å². The van der Waals surface area contributed by atoms with Crippen LogP contribution in [-0.4, -0.2) is 41.7 Å². The maximum atomic E-state index is 5.33. The third-order valence-electron chi connectivity index (χ3n) is 3.73. The quantitative estimate of drug-likeness (QED) is 0.863. The molecule has 20 heavy (non-hydrogen) atoms. The zero-order valence-corrected chi connectivity index (χ0v) is 13.2. The van der Waals surface area contributed by atoms with Gasteiger partial charge >= 0.3 is 0 Å². The Balaban J connectivity index is 0.00000147. The van der Waals surface area contributed by atoms with E-state index in [1.165, 1.54) is 22.8 Å². The molecule has 0 saturated heterocycles. The molecule has 5 nitrogen and oxygen atoms in total. The molecule has 0 radical (unpaired) electrons. The third kappa shape index (κ3) is 2.47. The molecule has 0 aromatic carbocycles. The molecule has 0 aromatic heterocycles. The van der Waals surface area contributed by atoms with Crippen LogP contribution < -0.4 is 5.32 Å². The summed E-state index contributed by atoms with van der Waals surface area (Å²) >= 11 is 0. The summed E-state index contributed by atoms with van der Waals surface area (Å²) in [5, 5.41) is 5.44. The van der Waals surface area contributed by atoms with Crippen LogP contribution in [0.4, 0.5) is 0 Å². The normalized spacial score (nSPS) is 20.9. The number of fused-ring (bicyclic) bond motifs is 2. The number of hydroxylamine groups is 2. The fourth-order valence-corrected chi connectivity index (χ4v) is 2.93. The average Bonchev–Trinajstić information content (AvgIpc) is 2.81. The van der Waals surface area contributed by atoms with Crippen LogP contribution in [0.5, 0.6) is 0 Å². The second-order valence-electron chi connectivity index (χ2n) is 5.29. The van der Waals surface area contributed by atoms with Gasteiger partial charge in [-0.1, -0.05) is 12.5 Å². The summed E-state index contributed by atoms with van der Waals surface area (Å²) in [6.45, 7) is 7.13. The highest BCUT2D eigenvalue weighted by Gasteiger charge is 2.34. The molecule has 0 amide bonds. The molecule has 0 saturated carbocycles. The van der Waals surface area contributed by atoms with Gasteiger partial charge < -0.3 is 15.1 Å². The summed E-state index contributed by atoms with van der Waals surface area (Å²) in [6.07, 6.45) is 6.52. The Morgan fingerprint density at radius 1 is 1.35 bits per heavy atom. The largest absolute Gasteiger partial charge is 0.380 e. The zero-order valence-electron chi connectivity index (χ0n) is 12.3. The van der Waals surface area contributed by atoms with E-state index in [-0.39, 0.29) is 12.4 Å². The maximum Gasteiger partial charge on any atom is 0.134 e. The molecule has 0 bridgehead atoms. The molecule has 3 aliphatic rings. The lowest BCUT2D eigenvalue weighted by atomic mass is 10.1. The van der Waals surface area contributed by atoms with Gasteiger partial charge in [0.2, 0.25) is 0 Å². The van der Waals surface area contributed by atoms with Crippen molar-refractivity contribution in [3.63, 3.8) is 0 Å². The SMILES string of the molecule is CCCN1C=C(C)CC2=C1N1CN(OC)C=C1CN2.Cl. The molecule has 0 unspecified atom stereocenters. The van der Waals surface area contributed by atoms with Gasteiger partial charge in [-0.3, -0.25) is 4.84 Å². The van der Waals surface area contributed by atoms with Crippen molar-refractivity contribution in [1.29, 1.82) is 0 Å². The fourth-order valence-electron chi connectivity index (χ4n) is 2.93. The van der Waals surface area contributed by atoms with E-state index in [4.69, 9.17) is 4.84 Å². The summed E-state index contributed by atoms with van der Waals surface area (Å²) in [5.41, 5.74) is 4.02.